The molecule has 0 atom stereocenters. The van der Waals surface area contributed by atoms with Crippen LogP contribution < -0.4 is 5.73 Å². The summed E-state index contributed by atoms with van der Waals surface area (Å²) in [5, 5.41) is 8.97. The van der Waals surface area contributed by atoms with Crippen molar-refractivity contribution in [3.8, 4) is 0 Å². The number of anilines is 1. The molecule has 0 unspecified atom stereocenters. The van der Waals surface area contributed by atoms with E-state index in [4.69, 9.17) is 10.8 Å². The highest BCUT2D eigenvalue weighted by Crippen LogP contribution is 2.16. The molecule has 1 aliphatic heterocycles. The number of nitrogens with two attached hydrogens (primary N) is 1. The number of nitrogen functional groups attached to an aromatic ring is 1. The summed E-state index contributed by atoms with van der Waals surface area (Å²) in [6, 6.07) is 4.61. The molecular weight excluding hydrogens is 245 g/mol. The zero-order valence-electron chi connectivity index (χ0n) is 11.2. The summed E-state index contributed by atoms with van der Waals surface area (Å²) in [5.74, 6) is -0.286. The molecule has 0 saturated carbocycles. The van der Waals surface area contributed by atoms with Crippen molar-refractivity contribution in [2.75, 3.05) is 45.1 Å². The standard InChI is InChI=1S/C14H22FN3O/c15-13-3-2-12(14(16)10-13)11-18-5-1-4-17(6-7-18)8-9-19/h2-3,10,19H,1,4-9,11,16H2. The second kappa shape index (κ2) is 6.84. The molecule has 1 saturated heterocycles. The van der Waals surface area contributed by atoms with E-state index in [1.54, 1.807) is 6.07 Å². The van der Waals surface area contributed by atoms with E-state index < -0.39 is 0 Å². The largest absolute Gasteiger partial charge is 0.398 e. The van der Waals surface area contributed by atoms with Crippen LogP contribution in [0.2, 0.25) is 0 Å². The molecule has 1 fully saturated rings. The Kier molecular flexibility index (Phi) is 5.13. The highest BCUT2D eigenvalue weighted by atomic mass is 19.1. The Hall–Kier alpha value is -1.17. The molecule has 1 aliphatic rings. The lowest BCUT2D eigenvalue weighted by molar-refractivity contribution is 0.196. The highest BCUT2D eigenvalue weighted by Gasteiger charge is 2.15. The van der Waals surface area contributed by atoms with Crippen molar-refractivity contribution in [1.82, 2.24) is 9.80 Å². The lowest BCUT2D eigenvalue weighted by Gasteiger charge is -2.21. The van der Waals surface area contributed by atoms with Crippen LogP contribution in [0.25, 0.3) is 0 Å². The molecule has 0 amide bonds. The van der Waals surface area contributed by atoms with Crippen molar-refractivity contribution in [1.29, 1.82) is 0 Å². The van der Waals surface area contributed by atoms with Crippen LogP contribution in [0.4, 0.5) is 10.1 Å². The number of rotatable bonds is 4. The summed E-state index contributed by atoms with van der Waals surface area (Å²) in [5.41, 5.74) is 7.35. The average molecular weight is 267 g/mol. The van der Waals surface area contributed by atoms with Gasteiger partial charge in [-0.15, -0.1) is 0 Å². The van der Waals surface area contributed by atoms with E-state index in [1.807, 2.05) is 0 Å². The SMILES string of the molecule is Nc1cc(F)ccc1CN1CCCN(CCO)CC1. The molecule has 0 radical (unpaired) electrons. The zero-order valence-corrected chi connectivity index (χ0v) is 11.2. The summed E-state index contributed by atoms with van der Waals surface area (Å²) in [7, 11) is 0. The maximum Gasteiger partial charge on any atom is 0.125 e. The molecule has 1 aromatic rings. The predicted molar refractivity (Wildman–Crippen MR) is 74.2 cm³/mol. The smallest absolute Gasteiger partial charge is 0.125 e. The maximum atomic E-state index is 13.0. The van der Waals surface area contributed by atoms with E-state index in [1.165, 1.54) is 12.1 Å². The number of aliphatic hydroxyl groups excluding tert-OH is 1. The summed E-state index contributed by atoms with van der Waals surface area (Å²) in [6.07, 6.45) is 1.08. The van der Waals surface area contributed by atoms with E-state index >= 15 is 0 Å². The lowest BCUT2D eigenvalue weighted by atomic mass is 10.1. The minimum Gasteiger partial charge on any atom is -0.398 e. The van der Waals surface area contributed by atoms with Crippen LogP contribution in [0.5, 0.6) is 0 Å². The van der Waals surface area contributed by atoms with E-state index in [0.29, 0.717) is 5.69 Å². The van der Waals surface area contributed by atoms with Crippen molar-refractivity contribution in [2.45, 2.75) is 13.0 Å². The monoisotopic (exact) mass is 267 g/mol. The molecule has 1 aromatic carbocycles. The summed E-state index contributed by atoms with van der Waals surface area (Å²) in [4.78, 5) is 4.61. The molecule has 3 N–H and O–H groups in total. The first-order valence-electron chi connectivity index (χ1n) is 6.78. The Morgan fingerprint density at radius 1 is 1.16 bits per heavy atom. The van der Waals surface area contributed by atoms with E-state index in [9.17, 15) is 4.39 Å². The second-order valence-electron chi connectivity index (χ2n) is 5.04. The van der Waals surface area contributed by atoms with Crippen LogP contribution in [0.15, 0.2) is 18.2 Å². The topological polar surface area (TPSA) is 52.7 Å². The van der Waals surface area contributed by atoms with Gasteiger partial charge in [-0.1, -0.05) is 6.07 Å². The Morgan fingerprint density at radius 2 is 1.89 bits per heavy atom. The van der Waals surface area contributed by atoms with Gasteiger partial charge < -0.3 is 10.8 Å². The molecule has 5 heteroatoms. The van der Waals surface area contributed by atoms with Crippen molar-refractivity contribution in [2.24, 2.45) is 0 Å². The fraction of sp³-hybridized carbons (Fsp3) is 0.571. The number of hydrogen-bond acceptors (Lipinski definition) is 4. The molecule has 0 aromatic heterocycles. The first kappa shape index (κ1) is 14.2. The Morgan fingerprint density at radius 3 is 2.63 bits per heavy atom. The van der Waals surface area contributed by atoms with Gasteiger partial charge >= 0.3 is 0 Å². The normalized spacial score (nSPS) is 18.4. The van der Waals surface area contributed by atoms with Gasteiger partial charge in [-0.25, -0.2) is 4.39 Å². The van der Waals surface area contributed by atoms with Crippen LogP contribution in [0, 0.1) is 5.82 Å². The number of benzene rings is 1. The first-order chi connectivity index (χ1) is 9.19. The molecule has 1 heterocycles. The Labute approximate surface area is 113 Å². The molecule has 106 valence electrons. The van der Waals surface area contributed by atoms with Crippen molar-refractivity contribution >= 4 is 5.69 Å². The molecule has 19 heavy (non-hydrogen) atoms. The number of aliphatic hydroxyl groups is 1. The molecule has 0 aliphatic carbocycles. The van der Waals surface area contributed by atoms with Gasteiger partial charge in [-0.2, -0.15) is 0 Å². The van der Waals surface area contributed by atoms with Crippen LogP contribution in [0.3, 0.4) is 0 Å². The fourth-order valence-electron chi connectivity index (χ4n) is 2.50. The van der Waals surface area contributed by atoms with Crippen molar-refractivity contribution in [3.63, 3.8) is 0 Å². The van der Waals surface area contributed by atoms with Crippen molar-refractivity contribution < 1.29 is 9.50 Å². The van der Waals surface area contributed by atoms with Crippen LogP contribution in [-0.4, -0.2) is 54.2 Å². The maximum absolute atomic E-state index is 13.0. The third kappa shape index (κ3) is 4.16. The van der Waals surface area contributed by atoms with Crippen molar-refractivity contribution in [3.05, 3.63) is 29.6 Å². The first-order valence-corrected chi connectivity index (χ1v) is 6.78. The Balaban J connectivity index is 1.92. The van der Waals surface area contributed by atoms with E-state index in [0.717, 1.165) is 51.3 Å². The van der Waals surface area contributed by atoms with Gasteiger partial charge in [0.1, 0.15) is 5.82 Å². The molecule has 0 bridgehead atoms. The van der Waals surface area contributed by atoms with E-state index in [2.05, 4.69) is 9.80 Å². The quantitative estimate of drug-likeness (QED) is 0.796. The van der Waals surface area contributed by atoms with Gasteiger partial charge in [0, 0.05) is 31.9 Å². The second-order valence-corrected chi connectivity index (χ2v) is 5.04. The van der Waals surface area contributed by atoms with Crippen LogP contribution in [0.1, 0.15) is 12.0 Å². The lowest BCUT2D eigenvalue weighted by Crippen LogP contribution is -2.32. The van der Waals surface area contributed by atoms with Gasteiger partial charge in [0.15, 0.2) is 0 Å². The van der Waals surface area contributed by atoms with Crippen LogP contribution >= 0.6 is 0 Å². The van der Waals surface area contributed by atoms with Gasteiger partial charge in [0.2, 0.25) is 0 Å². The highest BCUT2D eigenvalue weighted by molar-refractivity contribution is 5.46. The van der Waals surface area contributed by atoms with Gasteiger partial charge in [-0.05, 0) is 37.2 Å². The van der Waals surface area contributed by atoms with E-state index in [-0.39, 0.29) is 12.4 Å². The third-order valence-corrected chi connectivity index (χ3v) is 3.60. The summed E-state index contributed by atoms with van der Waals surface area (Å²) < 4.78 is 13.0. The number of β-amino-alcohol motifs (C(OH)–C–C–N with tert-alkyl or cyclic N) is 1. The summed E-state index contributed by atoms with van der Waals surface area (Å²) in [6.45, 7) is 5.67. The number of halogens is 1. The molecule has 2 rings (SSSR count). The Bertz CT molecular complexity index is 414. The molecule has 4 nitrogen and oxygen atoms in total. The fourth-order valence-corrected chi connectivity index (χ4v) is 2.50. The zero-order chi connectivity index (χ0) is 13.7. The number of hydrogen-bond donors (Lipinski definition) is 2. The molecule has 0 spiro atoms. The third-order valence-electron chi connectivity index (χ3n) is 3.60. The van der Waals surface area contributed by atoms with Gasteiger partial charge in [0.05, 0.1) is 6.61 Å². The van der Waals surface area contributed by atoms with Crippen LogP contribution in [-0.2, 0) is 6.54 Å². The minimum atomic E-state index is -0.286. The average Bonchev–Trinajstić information content (AvgIpc) is 2.59. The predicted octanol–water partition coefficient (Wildman–Crippen LogP) is 0.908. The summed E-state index contributed by atoms with van der Waals surface area (Å²) >= 11 is 0. The number of nitrogens with zero attached hydrogens (tertiary/aromatic N) is 2. The van der Waals surface area contributed by atoms with Gasteiger partial charge in [0.25, 0.3) is 0 Å². The minimum absolute atomic E-state index is 0.213. The molecular formula is C14H22FN3O. The van der Waals surface area contributed by atoms with Gasteiger partial charge in [-0.3, -0.25) is 9.80 Å².